The topological polar surface area (TPSA) is 49.4 Å². The summed E-state index contributed by atoms with van der Waals surface area (Å²) in [5.74, 6) is 2.14. The molecule has 1 saturated carbocycles. The van der Waals surface area contributed by atoms with Crippen molar-refractivity contribution in [1.82, 2.24) is 10.2 Å². The molecule has 0 radical (unpaired) electrons. The maximum atomic E-state index is 12.6. The predicted molar refractivity (Wildman–Crippen MR) is 111 cm³/mol. The summed E-state index contributed by atoms with van der Waals surface area (Å²) < 4.78 is 0. The summed E-state index contributed by atoms with van der Waals surface area (Å²) in [5, 5.41) is 4.01. The zero-order valence-corrected chi connectivity index (χ0v) is 17.6. The van der Waals surface area contributed by atoms with Gasteiger partial charge in [0.15, 0.2) is 0 Å². The van der Waals surface area contributed by atoms with Crippen molar-refractivity contribution in [3.63, 3.8) is 0 Å². The van der Waals surface area contributed by atoms with Gasteiger partial charge in [-0.2, -0.15) is 0 Å². The van der Waals surface area contributed by atoms with Crippen LogP contribution in [0.5, 0.6) is 0 Å². The number of piperidine rings is 1. The molecule has 0 spiro atoms. The second kappa shape index (κ2) is 10.8. The summed E-state index contributed by atoms with van der Waals surface area (Å²) >= 11 is 0. The molecule has 2 aliphatic heterocycles. The second-order valence-corrected chi connectivity index (χ2v) is 10.9. The number of rotatable bonds is 7. The Kier molecular flexibility index (Phi) is 8.50. The molecule has 3 fully saturated rings. The maximum absolute atomic E-state index is 12.6. The summed E-state index contributed by atoms with van der Waals surface area (Å²) in [6, 6.07) is 0.264. The lowest BCUT2D eigenvalue weighted by molar-refractivity contribution is -0.137. The van der Waals surface area contributed by atoms with E-state index < -0.39 is 0 Å². The van der Waals surface area contributed by atoms with Gasteiger partial charge in [-0.3, -0.25) is 9.59 Å². The monoisotopic (exact) mass is 398 g/mol. The molecular weight excluding hydrogens is 364 g/mol. The van der Waals surface area contributed by atoms with Crippen molar-refractivity contribution in [2.45, 2.75) is 88.3 Å². The SMILES string of the molecule is O=C(CCCCC1CCSS1)NC1CCN(C(=O)C2CCCCC2)CC1. The summed E-state index contributed by atoms with van der Waals surface area (Å²) in [6.45, 7) is 1.63. The van der Waals surface area contributed by atoms with Crippen molar-refractivity contribution in [2.75, 3.05) is 18.8 Å². The third-order valence-electron chi connectivity index (χ3n) is 6.03. The Morgan fingerprint density at radius 3 is 2.42 bits per heavy atom. The highest BCUT2D eigenvalue weighted by molar-refractivity contribution is 8.77. The molecular formula is C20H34N2O2S2. The van der Waals surface area contributed by atoms with E-state index in [9.17, 15) is 9.59 Å². The van der Waals surface area contributed by atoms with Crippen molar-refractivity contribution in [3.8, 4) is 0 Å². The van der Waals surface area contributed by atoms with Gasteiger partial charge in [0.25, 0.3) is 0 Å². The molecule has 0 aromatic rings. The van der Waals surface area contributed by atoms with Gasteiger partial charge in [0.05, 0.1) is 0 Å². The van der Waals surface area contributed by atoms with E-state index in [2.05, 4.69) is 10.2 Å². The Hall–Kier alpha value is -0.360. The van der Waals surface area contributed by atoms with Gasteiger partial charge in [0, 0.05) is 42.5 Å². The Labute approximate surface area is 166 Å². The van der Waals surface area contributed by atoms with Crippen molar-refractivity contribution in [2.24, 2.45) is 5.92 Å². The highest BCUT2D eigenvalue weighted by atomic mass is 33.1. The lowest BCUT2D eigenvalue weighted by Gasteiger charge is -2.35. The van der Waals surface area contributed by atoms with Crippen molar-refractivity contribution >= 4 is 33.4 Å². The van der Waals surface area contributed by atoms with Gasteiger partial charge in [0.2, 0.25) is 11.8 Å². The van der Waals surface area contributed by atoms with E-state index in [0.29, 0.717) is 12.3 Å². The van der Waals surface area contributed by atoms with Crippen LogP contribution in [0.4, 0.5) is 0 Å². The summed E-state index contributed by atoms with van der Waals surface area (Å²) in [4.78, 5) is 26.8. The van der Waals surface area contributed by atoms with E-state index in [0.717, 1.165) is 50.4 Å². The molecule has 148 valence electrons. The number of likely N-dealkylation sites (tertiary alicyclic amines) is 1. The minimum Gasteiger partial charge on any atom is -0.353 e. The molecule has 0 bridgehead atoms. The van der Waals surface area contributed by atoms with Gasteiger partial charge in [0.1, 0.15) is 0 Å². The average molecular weight is 399 g/mol. The molecule has 1 aliphatic carbocycles. The molecule has 26 heavy (non-hydrogen) atoms. The first-order chi connectivity index (χ1) is 12.7. The third-order valence-corrected chi connectivity index (χ3v) is 9.04. The summed E-state index contributed by atoms with van der Waals surface area (Å²) in [6.07, 6.45) is 13.1. The van der Waals surface area contributed by atoms with Crippen LogP contribution in [0.3, 0.4) is 0 Å². The lowest BCUT2D eigenvalue weighted by Crippen LogP contribution is -2.48. The smallest absolute Gasteiger partial charge is 0.225 e. The van der Waals surface area contributed by atoms with Crippen LogP contribution in [-0.2, 0) is 9.59 Å². The first-order valence-corrected chi connectivity index (χ1v) is 13.0. The van der Waals surface area contributed by atoms with Crippen molar-refractivity contribution in [1.29, 1.82) is 0 Å². The average Bonchev–Trinajstić information content (AvgIpc) is 3.19. The van der Waals surface area contributed by atoms with E-state index in [-0.39, 0.29) is 17.9 Å². The van der Waals surface area contributed by atoms with Gasteiger partial charge in [-0.05, 0) is 44.9 Å². The molecule has 0 aromatic heterocycles. The number of amides is 2. The van der Waals surface area contributed by atoms with Crippen LogP contribution in [0.15, 0.2) is 0 Å². The van der Waals surface area contributed by atoms with Gasteiger partial charge < -0.3 is 10.2 Å². The summed E-state index contributed by atoms with van der Waals surface area (Å²) in [5.41, 5.74) is 0. The Morgan fingerprint density at radius 1 is 0.962 bits per heavy atom. The van der Waals surface area contributed by atoms with Crippen molar-refractivity contribution < 1.29 is 9.59 Å². The fourth-order valence-corrected chi connectivity index (χ4v) is 7.40. The number of unbranched alkanes of at least 4 members (excludes halogenated alkanes) is 1. The molecule has 1 N–H and O–H groups in total. The molecule has 0 aromatic carbocycles. The van der Waals surface area contributed by atoms with Crippen LogP contribution in [0.1, 0.15) is 77.0 Å². The second-order valence-electron chi connectivity index (χ2n) is 8.08. The minimum atomic E-state index is 0.204. The molecule has 3 rings (SSSR count). The Bertz CT molecular complexity index is 455. The first-order valence-electron chi connectivity index (χ1n) is 10.6. The number of nitrogens with zero attached hydrogens (tertiary/aromatic N) is 1. The standard InChI is InChI=1S/C20H34N2O2S2/c23-19(9-5-4-8-18-12-15-25-26-18)21-17-10-13-22(14-11-17)20(24)16-6-2-1-3-7-16/h16-18H,1-15H2,(H,21,23). The quantitative estimate of drug-likeness (QED) is 0.510. The van der Waals surface area contributed by atoms with E-state index in [1.54, 1.807) is 0 Å². The van der Waals surface area contributed by atoms with Crippen molar-refractivity contribution in [3.05, 3.63) is 0 Å². The predicted octanol–water partition coefficient (Wildman–Crippen LogP) is 4.39. The molecule has 1 atom stereocenters. The largest absolute Gasteiger partial charge is 0.353 e. The highest BCUT2D eigenvalue weighted by Crippen LogP contribution is 2.39. The zero-order valence-electron chi connectivity index (χ0n) is 15.9. The zero-order chi connectivity index (χ0) is 18.2. The normalized spacial score (nSPS) is 25.4. The van der Waals surface area contributed by atoms with E-state index in [1.807, 2.05) is 21.6 Å². The van der Waals surface area contributed by atoms with E-state index in [4.69, 9.17) is 0 Å². The van der Waals surface area contributed by atoms with E-state index >= 15 is 0 Å². The number of carbonyl (C=O) groups excluding carboxylic acids is 2. The maximum Gasteiger partial charge on any atom is 0.225 e. The van der Waals surface area contributed by atoms with Crippen LogP contribution in [0.25, 0.3) is 0 Å². The molecule has 1 unspecified atom stereocenters. The van der Waals surface area contributed by atoms with Gasteiger partial charge in [-0.15, -0.1) is 0 Å². The van der Waals surface area contributed by atoms with E-state index in [1.165, 1.54) is 44.3 Å². The number of carbonyl (C=O) groups is 2. The fourth-order valence-electron chi connectivity index (χ4n) is 4.37. The van der Waals surface area contributed by atoms with Gasteiger partial charge in [-0.1, -0.05) is 47.3 Å². The highest BCUT2D eigenvalue weighted by Gasteiger charge is 2.29. The number of nitrogens with one attached hydrogen (secondary N) is 1. The first kappa shape index (κ1) is 20.4. The molecule has 6 heteroatoms. The summed E-state index contributed by atoms with van der Waals surface area (Å²) in [7, 11) is 4.02. The lowest BCUT2D eigenvalue weighted by atomic mass is 9.87. The van der Waals surface area contributed by atoms with Gasteiger partial charge in [-0.25, -0.2) is 0 Å². The molecule has 2 saturated heterocycles. The van der Waals surface area contributed by atoms with Crippen LogP contribution in [0.2, 0.25) is 0 Å². The Balaban J connectivity index is 1.27. The molecule has 4 nitrogen and oxygen atoms in total. The van der Waals surface area contributed by atoms with Crippen LogP contribution in [-0.4, -0.2) is 46.8 Å². The molecule has 2 heterocycles. The molecule has 2 amide bonds. The van der Waals surface area contributed by atoms with Crippen LogP contribution in [0, 0.1) is 5.92 Å². The number of hydrogen-bond donors (Lipinski definition) is 1. The van der Waals surface area contributed by atoms with Crippen LogP contribution < -0.4 is 5.32 Å². The minimum absolute atomic E-state index is 0.204. The Morgan fingerprint density at radius 2 is 1.73 bits per heavy atom. The number of hydrogen-bond acceptors (Lipinski definition) is 4. The third kappa shape index (κ3) is 6.36. The van der Waals surface area contributed by atoms with Crippen LogP contribution >= 0.6 is 21.6 Å². The molecule has 3 aliphatic rings. The fraction of sp³-hybridized carbons (Fsp3) is 0.900. The van der Waals surface area contributed by atoms with Gasteiger partial charge >= 0.3 is 0 Å².